The van der Waals surface area contributed by atoms with Crippen molar-refractivity contribution < 1.29 is 14.3 Å². The van der Waals surface area contributed by atoms with Crippen LogP contribution < -0.4 is 0 Å². The summed E-state index contributed by atoms with van der Waals surface area (Å²) in [7, 11) is 0. The summed E-state index contributed by atoms with van der Waals surface area (Å²) in [4.78, 5) is 25.8. The molecule has 20 heavy (non-hydrogen) atoms. The molecule has 1 fully saturated rings. The summed E-state index contributed by atoms with van der Waals surface area (Å²) in [6.07, 6.45) is 2.53. The van der Waals surface area contributed by atoms with Crippen molar-refractivity contribution in [3.05, 3.63) is 0 Å². The van der Waals surface area contributed by atoms with Crippen LogP contribution in [0.2, 0.25) is 0 Å². The maximum absolute atomic E-state index is 12.0. The highest BCUT2D eigenvalue weighted by Crippen LogP contribution is 2.29. The number of thiocarbonyl (C=S) groups is 1. The van der Waals surface area contributed by atoms with Crippen LogP contribution >= 0.6 is 12.2 Å². The van der Waals surface area contributed by atoms with Crippen molar-refractivity contribution in [2.45, 2.75) is 65.5 Å². The second-order valence-corrected chi connectivity index (χ2v) is 7.01. The predicted molar refractivity (Wildman–Crippen MR) is 82.6 cm³/mol. The molecule has 0 saturated heterocycles. The fourth-order valence-corrected chi connectivity index (χ4v) is 2.38. The lowest BCUT2D eigenvalue weighted by Gasteiger charge is -2.29. The molecule has 0 aromatic heterocycles. The van der Waals surface area contributed by atoms with Crippen molar-refractivity contribution in [3.63, 3.8) is 0 Å². The molecule has 5 heteroatoms. The Hall–Kier alpha value is -0.970. The zero-order valence-corrected chi connectivity index (χ0v) is 13.9. The van der Waals surface area contributed by atoms with Gasteiger partial charge in [0.25, 0.3) is 0 Å². The molecule has 0 aromatic rings. The number of carbonyl (C=O) groups excluding carboxylic acids is 2. The van der Waals surface area contributed by atoms with Crippen LogP contribution in [-0.4, -0.2) is 39.8 Å². The van der Waals surface area contributed by atoms with Crippen LogP contribution in [0.3, 0.4) is 0 Å². The monoisotopic (exact) mass is 299 g/mol. The van der Waals surface area contributed by atoms with E-state index in [9.17, 15) is 9.59 Å². The molecule has 1 saturated carbocycles. The van der Waals surface area contributed by atoms with Crippen LogP contribution in [0.4, 0.5) is 0 Å². The molecule has 0 heterocycles. The largest absolute Gasteiger partial charge is 0.459 e. The summed E-state index contributed by atoms with van der Waals surface area (Å²) in [6, 6.07) is 0.337. The van der Waals surface area contributed by atoms with Gasteiger partial charge in [-0.3, -0.25) is 4.79 Å². The van der Waals surface area contributed by atoms with E-state index < -0.39 is 5.60 Å². The SMILES string of the molecule is CC(=O)CC(C)C(=S)N(CC(=O)OC(C)(C)C)C1CC1. The highest BCUT2D eigenvalue weighted by molar-refractivity contribution is 7.80. The molecule has 0 bridgehead atoms. The minimum Gasteiger partial charge on any atom is -0.459 e. The van der Waals surface area contributed by atoms with Crippen molar-refractivity contribution in [1.82, 2.24) is 4.90 Å². The summed E-state index contributed by atoms with van der Waals surface area (Å²) in [6.45, 7) is 9.24. The molecule has 1 unspecified atom stereocenters. The first-order valence-electron chi connectivity index (χ1n) is 7.12. The minimum atomic E-state index is -0.487. The normalized spacial score (nSPS) is 16.4. The second kappa shape index (κ2) is 6.66. The third-order valence-corrected chi connectivity index (χ3v) is 3.64. The molecule has 0 amide bonds. The molecule has 0 aliphatic heterocycles. The van der Waals surface area contributed by atoms with Gasteiger partial charge in [0, 0.05) is 18.4 Å². The first kappa shape index (κ1) is 17.1. The molecule has 1 rings (SSSR count). The molecular weight excluding hydrogens is 274 g/mol. The van der Waals surface area contributed by atoms with Gasteiger partial charge in [0.1, 0.15) is 17.9 Å². The van der Waals surface area contributed by atoms with Gasteiger partial charge in [0.2, 0.25) is 0 Å². The number of carbonyl (C=O) groups is 2. The zero-order chi connectivity index (χ0) is 15.5. The minimum absolute atomic E-state index is 0.00876. The molecule has 0 N–H and O–H groups in total. The van der Waals surface area contributed by atoms with E-state index in [1.807, 2.05) is 32.6 Å². The Morgan fingerprint density at radius 1 is 1.35 bits per heavy atom. The van der Waals surface area contributed by atoms with Gasteiger partial charge in [-0.1, -0.05) is 19.1 Å². The lowest BCUT2D eigenvalue weighted by molar-refractivity contribution is -0.155. The molecular formula is C15H25NO3S. The highest BCUT2D eigenvalue weighted by atomic mass is 32.1. The lowest BCUT2D eigenvalue weighted by atomic mass is 10.0. The Morgan fingerprint density at radius 3 is 2.30 bits per heavy atom. The maximum atomic E-state index is 12.0. The molecule has 4 nitrogen and oxygen atoms in total. The van der Waals surface area contributed by atoms with Crippen LogP contribution in [0.25, 0.3) is 0 Å². The van der Waals surface area contributed by atoms with Crippen molar-refractivity contribution in [1.29, 1.82) is 0 Å². The molecule has 1 atom stereocenters. The molecule has 1 aliphatic rings. The lowest BCUT2D eigenvalue weighted by Crippen LogP contribution is -2.41. The average Bonchev–Trinajstić information content (AvgIpc) is 3.05. The van der Waals surface area contributed by atoms with Gasteiger partial charge in [0.05, 0.1) is 4.99 Å². The fourth-order valence-electron chi connectivity index (χ4n) is 2.09. The van der Waals surface area contributed by atoms with E-state index in [1.165, 1.54) is 0 Å². The Balaban J connectivity index is 2.63. The summed E-state index contributed by atoms with van der Waals surface area (Å²) >= 11 is 5.46. The summed E-state index contributed by atoms with van der Waals surface area (Å²) < 4.78 is 5.35. The van der Waals surface area contributed by atoms with Crippen LogP contribution in [0.5, 0.6) is 0 Å². The number of rotatable bonds is 6. The number of Topliss-reactive ketones (excluding diaryl/α,β-unsaturated/α-hetero) is 1. The van der Waals surface area contributed by atoms with Crippen LogP contribution in [0.1, 0.15) is 53.9 Å². The number of ketones is 1. The molecule has 0 aromatic carbocycles. The Labute approximate surface area is 126 Å². The van der Waals surface area contributed by atoms with Gasteiger partial charge >= 0.3 is 5.97 Å². The highest BCUT2D eigenvalue weighted by Gasteiger charge is 2.34. The molecule has 0 spiro atoms. The predicted octanol–water partition coefficient (Wildman–Crippen LogP) is 2.74. The van der Waals surface area contributed by atoms with Gasteiger partial charge in [-0.05, 0) is 40.5 Å². The van der Waals surface area contributed by atoms with E-state index in [0.717, 1.165) is 12.8 Å². The topological polar surface area (TPSA) is 46.6 Å². The number of nitrogens with zero attached hydrogens (tertiary/aromatic N) is 1. The van der Waals surface area contributed by atoms with E-state index >= 15 is 0 Å². The maximum Gasteiger partial charge on any atom is 0.326 e. The zero-order valence-electron chi connectivity index (χ0n) is 13.1. The van der Waals surface area contributed by atoms with Gasteiger partial charge in [-0.15, -0.1) is 0 Å². The van der Waals surface area contributed by atoms with Crippen LogP contribution in [-0.2, 0) is 14.3 Å². The second-order valence-electron chi connectivity index (χ2n) is 6.59. The van der Waals surface area contributed by atoms with Crippen molar-refractivity contribution in [2.75, 3.05) is 6.54 Å². The van der Waals surface area contributed by atoms with E-state index in [0.29, 0.717) is 17.5 Å². The first-order chi connectivity index (χ1) is 9.10. The van der Waals surface area contributed by atoms with E-state index in [2.05, 4.69) is 0 Å². The number of hydrogen-bond acceptors (Lipinski definition) is 4. The summed E-state index contributed by atoms with van der Waals surface area (Å²) in [5.41, 5.74) is -0.487. The van der Waals surface area contributed by atoms with Crippen molar-refractivity contribution >= 4 is 29.0 Å². The van der Waals surface area contributed by atoms with Crippen molar-refractivity contribution in [3.8, 4) is 0 Å². The summed E-state index contributed by atoms with van der Waals surface area (Å²) in [5.74, 6) is -0.153. The van der Waals surface area contributed by atoms with Gasteiger partial charge in [0.15, 0.2) is 0 Å². The Bertz CT molecular complexity index is 396. The molecule has 1 aliphatic carbocycles. The van der Waals surface area contributed by atoms with E-state index in [-0.39, 0.29) is 24.2 Å². The standard InChI is InChI=1S/C15H25NO3S/c1-10(8-11(2)17)14(20)16(12-6-7-12)9-13(18)19-15(3,4)5/h10,12H,6-9H2,1-5H3. The third kappa shape index (κ3) is 5.99. The summed E-state index contributed by atoms with van der Waals surface area (Å²) in [5, 5.41) is 0. The smallest absolute Gasteiger partial charge is 0.326 e. The van der Waals surface area contributed by atoms with Gasteiger partial charge < -0.3 is 14.4 Å². The Morgan fingerprint density at radius 2 is 1.90 bits per heavy atom. The van der Waals surface area contributed by atoms with Gasteiger partial charge in [-0.2, -0.15) is 0 Å². The van der Waals surface area contributed by atoms with Crippen LogP contribution in [0, 0.1) is 5.92 Å². The van der Waals surface area contributed by atoms with E-state index in [4.69, 9.17) is 17.0 Å². The number of esters is 1. The average molecular weight is 299 g/mol. The third-order valence-electron chi connectivity index (χ3n) is 3.01. The quantitative estimate of drug-likeness (QED) is 0.557. The molecule has 114 valence electrons. The fraction of sp³-hybridized carbons (Fsp3) is 0.800. The van der Waals surface area contributed by atoms with Gasteiger partial charge in [-0.25, -0.2) is 0 Å². The van der Waals surface area contributed by atoms with E-state index in [1.54, 1.807) is 6.92 Å². The molecule has 0 radical (unpaired) electrons. The first-order valence-corrected chi connectivity index (χ1v) is 7.52. The van der Waals surface area contributed by atoms with Crippen LogP contribution in [0.15, 0.2) is 0 Å². The Kier molecular flexibility index (Phi) is 5.68. The van der Waals surface area contributed by atoms with Crippen molar-refractivity contribution in [2.24, 2.45) is 5.92 Å². The number of hydrogen-bond donors (Lipinski definition) is 0. The number of ether oxygens (including phenoxy) is 1.